The van der Waals surface area contributed by atoms with Crippen LogP contribution in [0.4, 0.5) is 0 Å². The Labute approximate surface area is 87.9 Å². The molecule has 0 aliphatic rings. The fourth-order valence-electron chi connectivity index (χ4n) is 1.04. The Kier molecular flexibility index (Phi) is 3.49. The number of hydrogen-bond donors (Lipinski definition) is 2. The maximum absolute atomic E-state index is 10.9. The second-order valence-corrected chi connectivity index (χ2v) is 5.03. The first-order chi connectivity index (χ1) is 6.39. The number of hydrogen-bond acceptors (Lipinski definition) is 3. The van der Waals surface area contributed by atoms with Crippen LogP contribution in [0.3, 0.4) is 0 Å². The van der Waals surface area contributed by atoms with Gasteiger partial charge in [-0.3, -0.25) is 0 Å². The van der Waals surface area contributed by atoms with Gasteiger partial charge in [-0.25, -0.2) is 13.6 Å². The van der Waals surface area contributed by atoms with Crippen LogP contribution in [0.15, 0.2) is 29.2 Å². The highest BCUT2D eigenvalue weighted by Crippen LogP contribution is 2.10. The van der Waals surface area contributed by atoms with Gasteiger partial charge in [0, 0.05) is 6.42 Å². The summed E-state index contributed by atoms with van der Waals surface area (Å²) in [5.74, 6) is 0. The quantitative estimate of drug-likeness (QED) is 0.586. The average Bonchev–Trinajstić information content (AvgIpc) is 2.02. The van der Waals surface area contributed by atoms with Gasteiger partial charge in [-0.1, -0.05) is 12.1 Å². The largest absolute Gasteiger partial charge is 0.315 e. The second-order valence-electron chi connectivity index (χ2n) is 2.91. The lowest BCUT2D eigenvalue weighted by Gasteiger charge is -2.04. The van der Waals surface area contributed by atoms with E-state index < -0.39 is 15.5 Å². The Hall–Kier alpha value is -0.620. The highest BCUT2D eigenvalue weighted by Gasteiger charge is 2.07. The standard InChI is InChI=1S/C8H11ClN2O2S/c9-8(10)5-6-1-3-7(4-2-6)14(11,12)13/h1-4,8H,5,10H2,(H2,11,12,13). The van der Waals surface area contributed by atoms with Gasteiger partial charge in [0.1, 0.15) is 0 Å². The lowest BCUT2D eigenvalue weighted by atomic mass is 10.1. The van der Waals surface area contributed by atoms with E-state index in [0.717, 1.165) is 5.56 Å². The number of benzene rings is 1. The molecule has 0 bridgehead atoms. The van der Waals surface area contributed by atoms with E-state index in [0.29, 0.717) is 6.42 Å². The normalized spacial score (nSPS) is 13.9. The van der Waals surface area contributed by atoms with Crippen molar-refractivity contribution in [3.63, 3.8) is 0 Å². The van der Waals surface area contributed by atoms with Crippen molar-refractivity contribution >= 4 is 21.6 Å². The summed E-state index contributed by atoms with van der Waals surface area (Å²) in [4.78, 5) is 0.0874. The van der Waals surface area contributed by atoms with Crippen LogP contribution in [-0.2, 0) is 16.4 Å². The smallest absolute Gasteiger partial charge is 0.238 e. The predicted octanol–water partition coefficient (Wildman–Crippen LogP) is 0.400. The Morgan fingerprint density at radius 3 is 2.14 bits per heavy atom. The van der Waals surface area contributed by atoms with Crippen LogP contribution in [-0.4, -0.2) is 13.9 Å². The molecule has 1 unspecified atom stereocenters. The molecular formula is C8H11ClN2O2S. The van der Waals surface area contributed by atoms with Crippen LogP contribution in [0.1, 0.15) is 5.56 Å². The molecule has 1 atom stereocenters. The molecule has 78 valence electrons. The fourth-order valence-corrected chi connectivity index (χ4v) is 1.73. The number of sulfonamides is 1. The van der Waals surface area contributed by atoms with Crippen molar-refractivity contribution in [2.75, 3.05) is 0 Å². The second kappa shape index (κ2) is 4.27. The Bertz CT molecular complexity index is 400. The summed E-state index contributed by atoms with van der Waals surface area (Å²) < 4.78 is 21.8. The van der Waals surface area contributed by atoms with Crippen molar-refractivity contribution in [1.82, 2.24) is 0 Å². The van der Waals surface area contributed by atoms with Crippen LogP contribution in [0.5, 0.6) is 0 Å². The van der Waals surface area contributed by atoms with Gasteiger partial charge in [0.2, 0.25) is 10.0 Å². The summed E-state index contributed by atoms with van der Waals surface area (Å²) in [5, 5.41) is 4.93. The van der Waals surface area contributed by atoms with Crippen molar-refractivity contribution in [1.29, 1.82) is 0 Å². The molecule has 4 nitrogen and oxygen atoms in total. The van der Waals surface area contributed by atoms with Gasteiger partial charge in [0.25, 0.3) is 0 Å². The molecule has 0 amide bonds. The van der Waals surface area contributed by atoms with Gasteiger partial charge in [0.05, 0.1) is 10.4 Å². The van der Waals surface area contributed by atoms with E-state index in [1.165, 1.54) is 12.1 Å². The van der Waals surface area contributed by atoms with E-state index in [4.69, 9.17) is 22.5 Å². The molecule has 0 saturated carbocycles. The Morgan fingerprint density at radius 1 is 1.29 bits per heavy atom. The number of rotatable bonds is 3. The molecule has 0 aromatic heterocycles. The minimum atomic E-state index is -3.61. The zero-order chi connectivity index (χ0) is 10.8. The van der Waals surface area contributed by atoms with Crippen LogP contribution >= 0.6 is 11.6 Å². The molecule has 14 heavy (non-hydrogen) atoms. The minimum Gasteiger partial charge on any atom is -0.315 e. The van der Waals surface area contributed by atoms with E-state index in [9.17, 15) is 8.42 Å². The van der Waals surface area contributed by atoms with E-state index in [2.05, 4.69) is 0 Å². The molecule has 0 aliphatic carbocycles. The number of primary sulfonamides is 1. The molecule has 1 aromatic carbocycles. The molecule has 4 N–H and O–H groups in total. The number of nitrogens with two attached hydrogens (primary N) is 2. The molecule has 0 fully saturated rings. The molecule has 6 heteroatoms. The van der Waals surface area contributed by atoms with E-state index in [1.54, 1.807) is 12.1 Å². The molecule has 0 saturated heterocycles. The van der Waals surface area contributed by atoms with Gasteiger partial charge in [-0.15, -0.1) is 11.6 Å². The summed E-state index contributed by atoms with van der Waals surface area (Å²) >= 11 is 5.58. The average molecular weight is 235 g/mol. The van der Waals surface area contributed by atoms with Crippen LogP contribution in [0.25, 0.3) is 0 Å². The third-order valence-electron chi connectivity index (χ3n) is 1.68. The molecule has 0 spiro atoms. The SMILES string of the molecule is NC(Cl)Cc1ccc(S(N)(=O)=O)cc1. The molecule has 1 aromatic rings. The van der Waals surface area contributed by atoms with Gasteiger partial charge < -0.3 is 5.73 Å². The first-order valence-electron chi connectivity index (χ1n) is 3.91. The summed E-state index contributed by atoms with van der Waals surface area (Å²) in [7, 11) is -3.61. The number of halogens is 1. The first-order valence-corrected chi connectivity index (χ1v) is 5.89. The predicted molar refractivity (Wildman–Crippen MR) is 55.3 cm³/mol. The Morgan fingerprint density at radius 2 is 1.79 bits per heavy atom. The molecule has 0 heterocycles. The van der Waals surface area contributed by atoms with Gasteiger partial charge in [-0.05, 0) is 17.7 Å². The van der Waals surface area contributed by atoms with Crippen molar-refractivity contribution < 1.29 is 8.42 Å². The van der Waals surface area contributed by atoms with Crippen molar-refractivity contribution in [2.24, 2.45) is 10.9 Å². The minimum absolute atomic E-state index is 0.0874. The molecule has 0 radical (unpaired) electrons. The summed E-state index contributed by atoms with van der Waals surface area (Å²) in [5.41, 5.74) is 5.78. The zero-order valence-electron chi connectivity index (χ0n) is 7.35. The maximum Gasteiger partial charge on any atom is 0.238 e. The van der Waals surface area contributed by atoms with Gasteiger partial charge in [-0.2, -0.15) is 0 Å². The highest BCUT2D eigenvalue weighted by atomic mass is 35.5. The molecular weight excluding hydrogens is 224 g/mol. The lowest BCUT2D eigenvalue weighted by Crippen LogP contribution is -2.15. The number of alkyl halides is 1. The highest BCUT2D eigenvalue weighted by molar-refractivity contribution is 7.89. The summed E-state index contributed by atoms with van der Waals surface area (Å²) in [6, 6.07) is 6.15. The monoisotopic (exact) mass is 234 g/mol. The fraction of sp³-hybridized carbons (Fsp3) is 0.250. The topological polar surface area (TPSA) is 86.2 Å². The summed E-state index contributed by atoms with van der Waals surface area (Å²) in [6.45, 7) is 0. The van der Waals surface area contributed by atoms with Crippen LogP contribution in [0.2, 0.25) is 0 Å². The maximum atomic E-state index is 10.9. The third kappa shape index (κ3) is 3.26. The van der Waals surface area contributed by atoms with Crippen molar-refractivity contribution in [3.8, 4) is 0 Å². The van der Waals surface area contributed by atoms with E-state index in [-0.39, 0.29) is 4.90 Å². The molecule has 0 aliphatic heterocycles. The third-order valence-corrected chi connectivity index (χ3v) is 2.77. The Balaban J connectivity index is 2.90. The molecule has 1 rings (SSSR count). The lowest BCUT2D eigenvalue weighted by molar-refractivity contribution is 0.598. The van der Waals surface area contributed by atoms with Gasteiger partial charge in [0.15, 0.2) is 0 Å². The van der Waals surface area contributed by atoms with Gasteiger partial charge >= 0.3 is 0 Å². The van der Waals surface area contributed by atoms with Crippen molar-refractivity contribution in [2.45, 2.75) is 16.8 Å². The van der Waals surface area contributed by atoms with E-state index >= 15 is 0 Å². The van der Waals surface area contributed by atoms with Crippen molar-refractivity contribution in [3.05, 3.63) is 29.8 Å². The first kappa shape index (κ1) is 11.5. The van der Waals surface area contributed by atoms with Crippen LogP contribution < -0.4 is 10.9 Å². The van der Waals surface area contributed by atoms with Crippen LogP contribution in [0, 0.1) is 0 Å². The zero-order valence-corrected chi connectivity index (χ0v) is 8.92. The summed E-state index contributed by atoms with van der Waals surface area (Å²) in [6.07, 6.45) is 0.493. The van der Waals surface area contributed by atoms with E-state index in [1.807, 2.05) is 0 Å².